The van der Waals surface area contributed by atoms with Crippen LogP contribution in [0.4, 0.5) is 17.5 Å². The van der Waals surface area contributed by atoms with E-state index in [-0.39, 0.29) is 79.4 Å². The van der Waals surface area contributed by atoms with E-state index >= 15 is 0 Å². The van der Waals surface area contributed by atoms with Gasteiger partial charge in [0.05, 0.1) is 24.0 Å². The Morgan fingerprint density at radius 1 is 0.763 bits per heavy atom. The van der Waals surface area contributed by atoms with Gasteiger partial charge in [0.1, 0.15) is 55.8 Å². The molecule has 1 amide bonds. The number of carbonyl (C=O) groups is 4. The van der Waals surface area contributed by atoms with Gasteiger partial charge in [-0.2, -0.15) is 15.0 Å². The van der Waals surface area contributed by atoms with Crippen molar-refractivity contribution in [2.75, 3.05) is 44.6 Å². The Balaban J connectivity index is 0.911. The van der Waals surface area contributed by atoms with Crippen LogP contribution in [0.25, 0.3) is 44.6 Å². The summed E-state index contributed by atoms with van der Waals surface area (Å²) in [6.45, 7) is 0.415. The van der Waals surface area contributed by atoms with Crippen LogP contribution in [0.3, 0.4) is 0 Å². The molecule has 4 aromatic carbocycles. The first kappa shape index (κ1) is 51.4. The van der Waals surface area contributed by atoms with Gasteiger partial charge in [-0.25, -0.2) is 19.3 Å². The van der Waals surface area contributed by atoms with Crippen molar-refractivity contribution in [3.63, 3.8) is 0 Å². The number of nitrogens with two attached hydrogens (primary N) is 2. The molecule has 1 unspecified atom stereocenters. The highest BCUT2D eigenvalue weighted by Crippen LogP contribution is 2.42. The Kier molecular flexibility index (Phi) is 15.4. The number of nitrogen functional groups attached to an aromatic ring is 2. The molecule has 1 aliphatic carbocycles. The highest BCUT2D eigenvalue weighted by molar-refractivity contribution is 6.09. The van der Waals surface area contributed by atoms with Gasteiger partial charge in [0.2, 0.25) is 17.2 Å². The third-order valence-electron chi connectivity index (χ3n) is 13.0. The molecule has 0 saturated heterocycles. The molecular formula is C57H56N11O8+. The minimum absolute atomic E-state index is 0.0157. The summed E-state index contributed by atoms with van der Waals surface area (Å²) in [4.78, 5) is 80.5. The number of ether oxygens (including phenoxy) is 2. The highest BCUT2D eigenvalue weighted by atomic mass is 16.5. The Morgan fingerprint density at radius 2 is 1.46 bits per heavy atom. The molecule has 1 aliphatic heterocycles. The molecule has 9 rings (SSSR count). The summed E-state index contributed by atoms with van der Waals surface area (Å²) in [7, 11) is 7.69. The van der Waals surface area contributed by atoms with E-state index in [9.17, 15) is 24.3 Å². The number of hydrogen-bond donors (Lipinski definition) is 5. The number of aromatic nitrogens is 6. The van der Waals surface area contributed by atoms with Crippen LogP contribution in [0.5, 0.6) is 11.9 Å². The fraction of sp³-hybridized carbons (Fsp3) is 0.228. The number of H-pyrrole nitrogens is 1. The van der Waals surface area contributed by atoms with Crippen LogP contribution >= 0.6 is 0 Å². The average Bonchev–Trinajstić information content (AvgIpc) is 3.91. The Morgan fingerprint density at radius 3 is 2.16 bits per heavy atom. The van der Waals surface area contributed by atoms with Crippen molar-refractivity contribution in [3.8, 4) is 34.3 Å². The van der Waals surface area contributed by atoms with Gasteiger partial charge in [0, 0.05) is 79.5 Å². The van der Waals surface area contributed by atoms with E-state index in [0.29, 0.717) is 63.2 Å². The summed E-state index contributed by atoms with van der Waals surface area (Å²) < 4.78 is 20.0. The monoisotopic (exact) mass is 1020 g/mol. The zero-order valence-electron chi connectivity index (χ0n) is 42.4. The number of anilines is 3. The van der Waals surface area contributed by atoms with E-state index in [1.165, 1.54) is 18.6 Å². The number of hydrogen-bond acceptors (Lipinski definition) is 15. The van der Waals surface area contributed by atoms with E-state index in [2.05, 4.69) is 35.2 Å². The Bertz CT molecular complexity index is 3660. The second-order valence-corrected chi connectivity index (χ2v) is 18.7. The largest absolute Gasteiger partial charge is 0.478 e. The van der Waals surface area contributed by atoms with Gasteiger partial charge in [0.15, 0.2) is 11.4 Å². The zero-order chi connectivity index (χ0) is 53.5. The van der Waals surface area contributed by atoms with E-state index in [4.69, 9.17) is 25.4 Å². The predicted octanol–water partition coefficient (Wildman–Crippen LogP) is 7.06. The topological polar surface area (TPSA) is 271 Å². The van der Waals surface area contributed by atoms with E-state index < -0.39 is 17.9 Å². The van der Waals surface area contributed by atoms with Gasteiger partial charge < -0.3 is 45.7 Å². The first-order chi connectivity index (χ1) is 36.6. The van der Waals surface area contributed by atoms with Crippen LogP contribution in [-0.2, 0) is 35.6 Å². The number of imidazole rings is 1. The molecule has 1 atom stereocenters. The molecule has 4 heterocycles. The molecule has 0 spiro atoms. The normalized spacial score (nSPS) is 11.6. The number of carbonyl (C=O) groups excluding carboxylic acids is 3. The van der Waals surface area contributed by atoms with Crippen LogP contribution in [0.2, 0.25) is 0 Å². The standard InChI is InChI=1S/C57H55N11O8/c1-67(2)38-16-21-42-47(28-38)76-48-29-39(68(3)4)17-22-43(48)50(42)41-20-15-37(27-44(41)55(72)73)53(71)63-45(46(70)24-14-34-7-11-36(12-8-34)31-75-57-60-26-25-49(58)64-57)23-19-40(69)18-13-33-5-9-35(10-6-33)30-74-54-51-52(62-32-61-51)65-56(59)66-54/h5-12,15-17,20-22,25-29,32,45,59,63H,13-14,18-19,23-24,30-31H2,1-4H3,(H4,58,60,64,71,72,73)/p+1. The van der Waals surface area contributed by atoms with Gasteiger partial charge in [-0.1, -0.05) is 54.6 Å². The molecule has 7 N–H and O–H groups in total. The molecule has 19 heteroatoms. The minimum atomic E-state index is -1.25. The molecule has 2 aliphatic rings. The maximum Gasteiger partial charge on any atom is 0.336 e. The van der Waals surface area contributed by atoms with Crippen molar-refractivity contribution in [3.05, 3.63) is 160 Å². The van der Waals surface area contributed by atoms with Crippen molar-refractivity contribution in [2.24, 2.45) is 0 Å². The van der Waals surface area contributed by atoms with E-state index in [0.717, 1.165) is 33.3 Å². The van der Waals surface area contributed by atoms with Gasteiger partial charge in [-0.3, -0.25) is 14.4 Å². The highest BCUT2D eigenvalue weighted by Gasteiger charge is 2.27. The van der Waals surface area contributed by atoms with Crippen molar-refractivity contribution in [1.82, 2.24) is 39.8 Å². The number of nitrogens with one attached hydrogen (secondary N) is 2. The Hall–Kier alpha value is -9.52. The average molecular weight is 1020 g/mol. The van der Waals surface area contributed by atoms with Gasteiger partial charge >= 0.3 is 12.0 Å². The maximum atomic E-state index is 14.3. The molecule has 19 nitrogen and oxygen atoms in total. The number of carboxylic acid groups (broad SMARTS) is 1. The van der Waals surface area contributed by atoms with Crippen LogP contribution in [-0.4, -0.2) is 92.7 Å². The molecule has 0 fully saturated rings. The molecule has 7 aromatic rings. The number of aromatic amines is 1. The SMILES string of the molecule is CN(C)c1ccc2c(-c3ccc(C(=O)NC(CCC(=O)CCc4ccc(COc5nc(N)nc6nc[nH]c56)cc4)C(=O)CCc4ccc(COc5nccc(N)n5)cc4)cc3C(=O)O)c3ccc(=[N+](C)C)cc-3oc2c1. The smallest absolute Gasteiger partial charge is 0.336 e. The fourth-order valence-corrected chi connectivity index (χ4v) is 8.76. The number of aryl methyl sites for hydroxylation is 2. The summed E-state index contributed by atoms with van der Waals surface area (Å²) in [6, 6.07) is 31.8. The lowest BCUT2D eigenvalue weighted by Crippen LogP contribution is -2.41. The van der Waals surface area contributed by atoms with Crippen LogP contribution in [0.1, 0.15) is 68.7 Å². The molecule has 0 saturated carbocycles. The number of benzene rings is 5. The maximum absolute atomic E-state index is 14.3. The summed E-state index contributed by atoms with van der Waals surface area (Å²) in [5, 5.41) is 15.2. The van der Waals surface area contributed by atoms with Crippen molar-refractivity contribution < 1.29 is 38.2 Å². The molecular weight excluding hydrogens is 967 g/mol. The first-order valence-electron chi connectivity index (χ1n) is 24.5. The minimum Gasteiger partial charge on any atom is -0.478 e. The summed E-state index contributed by atoms with van der Waals surface area (Å²) in [5.41, 5.74) is 19.1. The lowest BCUT2D eigenvalue weighted by molar-refractivity contribution is -0.122. The first-order valence-corrected chi connectivity index (χ1v) is 24.5. The Labute approximate surface area is 436 Å². The number of rotatable bonds is 21. The second kappa shape index (κ2) is 22.7. The van der Waals surface area contributed by atoms with Crippen molar-refractivity contribution >= 4 is 63.0 Å². The van der Waals surface area contributed by atoms with Crippen LogP contribution in [0, 0.1) is 0 Å². The number of fused-ring (bicyclic) bond motifs is 3. The predicted molar refractivity (Wildman–Crippen MR) is 288 cm³/mol. The second-order valence-electron chi connectivity index (χ2n) is 18.7. The van der Waals surface area contributed by atoms with E-state index in [1.807, 2.05) is 123 Å². The number of aromatic carboxylic acids is 1. The summed E-state index contributed by atoms with van der Waals surface area (Å²) >= 11 is 0. The molecule has 386 valence electrons. The quantitative estimate of drug-likeness (QED) is 0.0356. The van der Waals surface area contributed by atoms with Gasteiger partial charge in [-0.15, -0.1) is 0 Å². The molecule has 0 radical (unpaired) electrons. The number of Topliss-reactive ketones (excluding diaryl/α,β-unsaturated/α-hetero) is 2. The molecule has 3 aromatic heterocycles. The lowest BCUT2D eigenvalue weighted by Gasteiger charge is -2.20. The number of ketones is 2. The van der Waals surface area contributed by atoms with Gasteiger partial charge in [-0.05, 0) is 83.5 Å². The number of nitrogens with zero attached hydrogens (tertiary/aromatic N) is 7. The van der Waals surface area contributed by atoms with Gasteiger partial charge in [0.25, 0.3) is 5.91 Å². The third-order valence-corrected chi connectivity index (χ3v) is 13.0. The molecule has 76 heavy (non-hydrogen) atoms. The lowest BCUT2D eigenvalue weighted by atomic mass is 9.89. The van der Waals surface area contributed by atoms with Crippen molar-refractivity contribution in [2.45, 2.75) is 57.8 Å². The third kappa shape index (κ3) is 12.1. The number of carboxylic acids is 1. The zero-order valence-corrected chi connectivity index (χ0v) is 42.4. The fourth-order valence-electron chi connectivity index (χ4n) is 8.76. The number of amides is 1. The van der Waals surface area contributed by atoms with Crippen LogP contribution < -0.4 is 41.1 Å². The molecule has 0 bridgehead atoms. The van der Waals surface area contributed by atoms with E-state index in [1.54, 1.807) is 18.2 Å². The summed E-state index contributed by atoms with van der Waals surface area (Å²) in [5.74, 6) is -1.09. The van der Waals surface area contributed by atoms with Crippen molar-refractivity contribution in [1.29, 1.82) is 0 Å². The van der Waals surface area contributed by atoms with Crippen LogP contribution in [0.15, 0.2) is 126 Å². The summed E-state index contributed by atoms with van der Waals surface area (Å²) in [6.07, 6.45) is 4.13.